The summed E-state index contributed by atoms with van der Waals surface area (Å²) < 4.78 is 11.4. The Morgan fingerprint density at radius 1 is 1.18 bits per heavy atom. The van der Waals surface area contributed by atoms with Crippen molar-refractivity contribution >= 4 is 46.0 Å². The molecule has 3 heterocycles. The van der Waals surface area contributed by atoms with Crippen molar-refractivity contribution in [3.05, 3.63) is 81.3 Å². The molecule has 0 aliphatic carbocycles. The predicted molar refractivity (Wildman–Crippen MR) is 108 cm³/mol. The number of hydrogen-bond donors (Lipinski definition) is 0. The molecule has 28 heavy (non-hydrogen) atoms. The lowest BCUT2D eigenvalue weighted by Crippen LogP contribution is -2.27. The second-order valence-corrected chi connectivity index (χ2v) is 7.50. The van der Waals surface area contributed by atoms with Gasteiger partial charge in [0.25, 0.3) is 11.6 Å². The Balaban J connectivity index is 1.58. The SMILES string of the molecule is O=C1/C(=C\c2ccc(-c3ccccc3[N+](=O)[O-])o2)SC(=S)N1Cc1ccco1. The number of amides is 1. The number of benzene rings is 1. The molecule has 1 amide bonds. The zero-order valence-electron chi connectivity index (χ0n) is 14.2. The van der Waals surface area contributed by atoms with Gasteiger partial charge in [0.2, 0.25) is 0 Å². The molecule has 0 bridgehead atoms. The number of thiocarbonyl (C=S) groups is 1. The van der Waals surface area contributed by atoms with Gasteiger partial charge in [-0.3, -0.25) is 19.8 Å². The standard InChI is InChI=1S/C19H12N2O5S2/c22-18-17(28-19(27)20(18)11-13-4-3-9-25-13)10-12-7-8-16(26-12)14-5-1-2-6-15(14)21(23)24/h1-10H,11H2/b17-10+. The molecule has 9 heteroatoms. The molecule has 0 N–H and O–H groups in total. The van der Waals surface area contributed by atoms with Gasteiger partial charge in [-0.1, -0.05) is 36.1 Å². The first-order valence-corrected chi connectivity index (χ1v) is 9.37. The zero-order valence-corrected chi connectivity index (χ0v) is 15.9. The molecular formula is C19H12N2O5S2. The smallest absolute Gasteiger partial charge is 0.280 e. The number of nitro benzene ring substituents is 1. The lowest BCUT2D eigenvalue weighted by Gasteiger charge is -2.11. The van der Waals surface area contributed by atoms with Gasteiger partial charge in [-0.15, -0.1) is 0 Å². The maximum atomic E-state index is 12.6. The number of nitrogens with zero attached hydrogens (tertiary/aromatic N) is 2. The maximum absolute atomic E-state index is 12.6. The zero-order chi connectivity index (χ0) is 19.7. The Kier molecular flexibility index (Phi) is 4.84. The van der Waals surface area contributed by atoms with E-state index in [2.05, 4.69) is 0 Å². The molecule has 0 spiro atoms. The number of thioether (sulfide) groups is 1. The second kappa shape index (κ2) is 7.45. The predicted octanol–water partition coefficient (Wildman–Crippen LogP) is 4.85. The summed E-state index contributed by atoms with van der Waals surface area (Å²) in [6, 6.07) is 13.1. The molecule has 1 fully saturated rings. The van der Waals surface area contributed by atoms with Crippen LogP contribution in [-0.4, -0.2) is 20.1 Å². The van der Waals surface area contributed by atoms with E-state index in [0.717, 1.165) is 0 Å². The fourth-order valence-electron chi connectivity index (χ4n) is 2.74. The van der Waals surface area contributed by atoms with Crippen LogP contribution in [0, 0.1) is 10.1 Å². The Morgan fingerprint density at radius 3 is 2.75 bits per heavy atom. The van der Waals surface area contributed by atoms with Crippen molar-refractivity contribution in [2.24, 2.45) is 0 Å². The third-order valence-electron chi connectivity index (χ3n) is 4.03. The van der Waals surface area contributed by atoms with E-state index in [4.69, 9.17) is 21.1 Å². The summed E-state index contributed by atoms with van der Waals surface area (Å²) >= 11 is 6.46. The fourth-order valence-corrected chi connectivity index (χ4v) is 3.98. The van der Waals surface area contributed by atoms with Crippen molar-refractivity contribution in [3.63, 3.8) is 0 Å². The van der Waals surface area contributed by atoms with Crippen LogP contribution in [0.4, 0.5) is 5.69 Å². The molecule has 0 radical (unpaired) electrons. The molecule has 3 aromatic rings. The maximum Gasteiger partial charge on any atom is 0.280 e. The van der Waals surface area contributed by atoms with Crippen molar-refractivity contribution in [2.45, 2.75) is 6.54 Å². The lowest BCUT2D eigenvalue weighted by molar-refractivity contribution is -0.384. The largest absolute Gasteiger partial charge is 0.467 e. The van der Waals surface area contributed by atoms with Crippen LogP contribution in [0.3, 0.4) is 0 Å². The molecule has 0 unspecified atom stereocenters. The van der Waals surface area contributed by atoms with Crippen LogP contribution in [0.15, 0.2) is 68.5 Å². The van der Waals surface area contributed by atoms with Crippen LogP contribution in [0.25, 0.3) is 17.4 Å². The van der Waals surface area contributed by atoms with E-state index in [-0.39, 0.29) is 18.1 Å². The van der Waals surface area contributed by atoms with Crippen molar-refractivity contribution in [1.82, 2.24) is 4.90 Å². The highest BCUT2D eigenvalue weighted by molar-refractivity contribution is 8.26. The van der Waals surface area contributed by atoms with E-state index in [0.29, 0.717) is 32.1 Å². The number of para-hydroxylation sites is 1. The first-order chi connectivity index (χ1) is 13.5. The third kappa shape index (κ3) is 3.49. The van der Waals surface area contributed by atoms with Gasteiger partial charge in [-0.05, 0) is 30.3 Å². The fraction of sp³-hybridized carbons (Fsp3) is 0.0526. The van der Waals surface area contributed by atoms with Crippen LogP contribution < -0.4 is 0 Å². The Bertz CT molecular complexity index is 1100. The van der Waals surface area contributed by atoms with Gasteiger partial charge in [0, 0.05) is 12.1 Å². The molecule has 4 rings (SSSR count). The topological polar surface area (TPSA) is 89.7 Å². The van der Waals surface area contributed by atoms with E-state index < -0.39 is 4.92 Å². The van der Waals surface area contributed by atoms with Gasteiger partial charge in [-0.2, -0.15) is 0 Å². The summed E-state index contributed by atoms with van der Waals surface area (Å²) in [4.78, 5) is 25.3. The van der Waals surface area contributed by atoms with Gasteiger partial charge < -0.3 is 8.83 Å². The normalized spacial score (nSPS) is 15.6. The highest BCUT2D eigenvalue weighted by atomic mass is 32.2. The number of carbonyl (C=O) groups excluding carboxylic acids is 1. The van der Waals surface area contributed by atoms with E-state index >= 15 is 0 Å². The molecule has 0 saturated carbocycles. The van der Waals surface area contributed by atoms with Crippen LogP contribution in [-0.2, 0) is 11.3 Å². The minimum Gasteiger partial charge on any atom is -0.467 e. The third-order valence-corrected chi connectivity index (χ3v) is 5.41. The molecule has 1 aromatic carbocycles. The summed E-state index contributed by atoms with van der Waals surface area (Å²) in [5, 5.41) is 11.2. The minimum atomic E-state index is -0.461. The van der Waals surface area contributed by atoms with E-state index in [1.54, 1.807) is 48.5 Å². The summed E-state index contributed by atoms with van der Waals surface area (Å²) in [6.45, 7) is 0.259. The molecular weight excluding hydrogens is 400 g/mol. The number of hydrogen-bond acceptors (Lipinski definition) is 7. The van der Waals surface area contributed by atoms with Crippen molar-refractivity contribution in [2.75, 3.05) is 0 Å². The Hall–Kier alpha value is -3.17. The van der Waals surface area contributed by atoms with E-state index in [9.17, 15) is 14.9 Å². The van der Waals surface area contributed by atoms with Crippen LogP contribution >= 0.6 is 24.0 Å². The van der Waals surface area contributed by atoms with Gasteiger partial charge in [0.1, 0.15) is 21.6 Å². The summed E-state index contributed by atoms with van der Waals surface area (Å²) in [5.41, 5.74) is 0.325. The molecule has 0 atom stereocenters. The quantitative estimate of drug-likeness (QED) is 0.256. The van der Waals surface area contributed by atoms with Crippen LogP contribution in [0.1, 0.15) is 11.5 Å². The van der Waals surface area contributed by atoms with Gasteiger partial charge in [0.15, 0.2) is 0 Å². The molecule has 1 aliphatic rings. The minimum absolute atomic E-state index is 0.0480. The van der Waals surface area contributed by atoms with Gasteiger partial charge in [0.05, 0.1) is 28.2 Å². The summed E-state index contributed by atoms with van der Waals surface area (Å²) in [5.74, 6) is 1.15. The average molecular weight is 412 g/mol. The Labute approximate surface area is 168 Å². The van der Waals surface area contributed by atoms with Crippen molar-refractivity contribution in [1.29, 1.82) is 0 Å². The molecule has 1 aliphatic heterocycles. The molecule has 140 valence electrons. The number of furan rings is 2. The van der Waals surface area contributed by atoms with Gasteiger partial charge >= 0.3 is 0 Å². The van der Waals surface area contributed by atoms with Crippen LogP contribution in [0.2, 0.25) is 0 Å². The monoisotopic (exact) mass is 412 g/mol. The van der Waals surface area contributed by atoms with Crippen LogP contribution in [0.5, 0.6) is 0 Å². The molecule has 7 nitrogen and oxygen atoms in total. The average Bonchev–Trinajstić information content (AvgIpc) is 3.41. The molecule has 1 saturated heterocycles. The van der Waals surface area contributed by atoms with Crippen molar-refractivity contribution < 1.29 is 18.6 Å². The molecule has 2 aromatic heterocycles. The first kappa shape index (κ1) is 18.2. The first-order valence-electron chi connectivity index (χ1n) is 8.14. The highest BCUT2D eigenvalue weighted by Crippen LogP contribution is 2.35. The van der Waals surface area contributed by atoms with Gasteiger partial charge in [-0.25, -0.2) is 0 Å². The number of nitro groups is 1. The summed E-state index contributed by atoms with van der Waals surface area (Å²) in [7, 11) is 0. The van der Waals surface area contributed by atoms with Crippen molar-refractivity contribution in [3.8, 4) is 11.3 Å². The Morgan fingerprint density at radius 2 is 2.00 bits per heavy atom. The van der Waals surface area contributed by atoms with E-state index in [1.165, 1.54) is 29.0 Å². The number of carbonyl (C=O) groups is 1. The van der Waals surface area contributed by atoms with E-state index in [1.807, 2.05) is 0 Å². The second-order valence-electron chi connectivity index (χ2n) is 5.82. The lowest BCUT2D eigenvalue weighted by atomic mass is 10.1. The highest BCUT2D eigenvalue weighted by Gasteiger charge is 2.33. The summed E-state index contributed by atoms with van der Waals surface area (Å²) in [6.07, 6.45) is 3.12. The number of rotatable bonds is 5.